The van der Waals surface area contributed by atoms with Crippen LogP contribution < -0.4 is 10.1 Å². The van der Waals surface area contributed by atoms with Gasteiger partial charge in [0.1, 0.15) is 11.5 Å². The van der Waals surface area contributed by atoms with Gasteiger partial charge in [-0.2, -0.15) is 0 Å². The van der Waals surface area contributed by atoms with Gasteiger partial charge in [0, 0.05) is 13.0 Å². The van der Waals surface area contributed by atoms with Gasteiger partial charge in [0.2, 0.25) is 0 Å². The Morgan fingerprint density at radius 2 is 2.13 bits per heavy atom. The van der Waals surface area contributed by atoms with Crippen molar-refractivity contribution in [3.63, 3.8) is 0 Å². The van der Waals surface area contributed by atoms with Gasteiger partial charge in [-0.25, -0.2) is 0 Å². The summed E-state index contributed by atoms with van der Waals surface area (Å²) in [4.78, 5) is 0. The molecule has 15 heavy (non-hydrogen) atoms. The zero-order valence-electron chi connectivity index (χ0n) is 9.25. The van der Waals surface area contributed by atoms with Crippen molar-refractivity contribution in [2.75, 3.05) is 20.3 Å². The lowest BCUT2D eigenvalue weighted by Gasteiger charge is -2.23. The lowest BCUT2D eigenvalue weighted by molar-refractivity contribution is 0.00701. The Morgan fingerprint density at radius 1 is 1.40 bits per heavy atom. The second kappa shape index (κ2) is 4.21. The minimum absolute atomic E-state index is 0.200. The molecule has 1 fully saturated rings. The number of hydrogen-bond acceptors (Lipinski definition) is 3. The Hall–Kier alpha value is -1.06. The van der Waals surface area contributed by atoms with Crippen LogP contribution in [0.4, 0.5) is 0 Å². The van der Waals surface area contributed by atoms with Crippen molar-refractivity contribution in [3.8, 4) is 5.75 Å². The van der Waals surface area contributed by atoms with E-state index >= 15 is 0 Å². The van der Waals surface area contributed by atoms with Crippen LogP contribution in [-0.4, -0.2) is 26.0 Å². The summed E-state index contributed by atoms with van der Waals surface area (Å²) in [5, 5.41) is 3.36. The molecular weight excluding hydrogens is 190 g/mol. The molecule has 0 radical (unpaired) electrons. The Morgan fingerprint density at radius 3 is 2.67 bits per heavy atom. The number of rotatable bonds is 3. The van der Waals surface area contributed by atoms with Gasteiger partial charge in [0.05, 0.1) is 13.7 Å². The second-order valence-corrected chi connectivity index (χ2v) is 4.03. The van der Waals surface area contributed by atoms with E-state index in [1.807, 2.05) is 12.1 Å². The Labute approximate surface area is 90.4 Å². The van der Waals surface area contributed by atoms with Gasteiger partial charge in [-0.05, 0) is 24.6 Å². The molecule has 0 aromatic heterocycles. The smallest absolute Gasteiger partial charge is 0.120 e. The molecule has 1 aromatic carbocycles. The first-order valence-electron chi connectivity index (χ1n) is 5.24. The molecule has 1 heterocycles. The van der Waals surface area contributed by atoms with E-state index in [1.165, 1.54) is 5.56 Å². The van der Waals surface area contributed by atoms with E-state index < -0.39 is 0 Å². The van der Waals surface area contributed by atoms with Crippen LogP contribution in [0.1, 0.15) is 12.5 Å². The van der Waals surface area contributed by atoms with Crippen molar-refractivity contribution < 1.29 is 9.47 Å². The summed E-state index contributed by atoms with van der Waals surface area (Å²) >= 11 is 0. The van der Waals surface area contributed by atoms with Gasteiger partial charge >= 0.3 is 0 Å². The molecule has 0 bridgehead atoms. The highest BCUT2D eigenvalue weighted by molar-refractivity contribution is 5.28. The molecule has 1 aliphatic rings. The molecule has 0 saturated carbocycles. The van der Waals surface area contributed by atoms with E-state index in [9.17, 15) is 0 Å². The molecule has 1 saturated heterocycles. The summed E-state index contributed by atoms with van der Waals surface area (Å²) in [6.07, 6.45) is 0.886. The topological polar surface area (TPSA) is 30.5 Å². The van der Waals surface area contributed by atoms with E-state index in [1.54, 1.807) is 7.11 Å². The molecule has 1 aliphatic heterocycles. The molecule has 0 aliphatic carbocycles. The van der Waals surface area contributed by atoms with Crippen LogP contribution in [0.3, 0.4) is 0 Å². The van der Waals surface area contributed by atoms with Crippen molar-refractivity contribution in [1.82, 2.24) is 5.32 Å². The third kappa shape index (κ3) is 2.49. The van der Waals surface area contributed by atoms with Crippen molar-refractivity contribution >= 4 is 0 Å². The zero-order chi connectivity index (χ0) is 10.7. The second-order valence-electron chi connectivity index (χ2n) is 4.03. The molecule has 1 atom stereocenters. The van der Waals surface area contributed by atoms with Gasteiger partial charge in [-0.15, -0.1) is 0 Å². The number of benzene rings is 1. The highest BCUT2D eigenvalue weighted by Gasteiger charge is 2.28. The fourth-order valence-electron chi connectivity index (χ4n) is 1.89. The standard InChI is InChI=1S/C12H17NO2/c1-12(13-7-8-15-12)9-10-3-5-11(14-2)6-4-10/h3-6,13H,7-9H2,1-2H3. The van der Waals surface area contributed by atoms with E-state index in [0.29, 0.717) is 0 Å². The SMILES string of the molecule is COc1ccc(CC2(C)NCCO2)cc1. The highest BCUT2D eigenvalue weighted by Crippen LogP contribution is 2.20. The van der Waals surface area contributed by atoms with E-state index in [-0.39, 0.29) is 5.72 Å². The van der Waals surface area contributed by atoms with Gasteiger partial charge in [-0.1, -0.05) is 12.1 Å². The number of methoxy groups -OCH3 is 1. The first-order chi connectivity index (χ1) is 7.22. The maximum Gasteiger partial charge on any atom is 0.120 e. The predicted octanol–water partition coefficient (Wildman–Crippen LogP) is 1.57. The van der Waals surface area contributed by atoms with Gasteiger partial charge < -0.3 is 9.47 Å². The van der Waals surface area contributed by atoms with Crippen molar-refractivity contribution in [1.29, 1.82) is 0 Å². The molecule has 3 heteroatoms. The molecule has 0 amide bonds. The molecule has 3 nitrogen and oxygen atoms in total. The predicted molar refractivity (Wildman–Crippen MR) is 59.1 cm³/mol. The van der Waals surface area contributed by atoms with Crippen molar-refractivity contribution in [3.05, 3.63) is 29.8 Å². The zero-order valence-corrected chi connectivity index (χ0v) is 9.25. The normalized spacial score (nSPS) is 25.5. The van der Waals surface area contributed by atoms with Crippen LogP contribution >= 0.6 is 0 Å². The monoisotopic (exact) mass is 207 g/mol. The first-order valence-corrected chi connectivity index (χ1v) is 5.24. The third-order valence-corrected chi connectivity index (χ3v) is 2.72. The first kappa shape index (κ1) is 10.5. The highest BCUT2D eigenvalue weighted by atomic mass is 16.5. The lowest BCUT2D eigenvalue weighted by Crippen LogP contribution is -2.39. The summed E-state index contributed by atoms with van der Waals surface area (Å²) in [5.41, 5.74) is 1.06. The lowest BCUT2D eigenvalue weighted by atomic mass is 10.0. The molecular formula is C12H17NO2. The molecule has 0 spiro atoms. The van der Waals surface area contributed by atoms with Crippen LogP contribution in [0.25, 0.3) is 0 Å². The summed E-state index contributed by atoms with van der Waals surface area (Å²) in [5.74, 6) is 0.893. The summed E-state index contributed by atoms with van der Waals surface area (Å²) in [7, 11) is 1.68. The van der Waals surface area contributed by atoms with Crippen molar-refractivity contribution in [2.24, 2.45) is 0 Å². The summed E-state index contributed by atoms with van der Waals surface area (Å²) < 4.78 is 10.8. The number of ether oxygens (including phenoxy) is 2. The van der Waals surface area contributed by atoms with Crippen molar-refractivity contribution in [2.45, 2.75) is 19.1 Å². The quantitative estimate of drug-likeness (QED) is 0.816. The molecule has 1 aromatic rings. The molecule has 1 unspecified atom stereocenters. The Balaban J connectivity index is 2.04. The minimum atomic E-state index is -0.200. The van der Waals surface area contributed by atoms with Crippen LogP contribution in [0.15, 0.2) is 24.3 Å². The van der Waals surface area contributed by atoms with Gasteiger partial charge in [0.15, 0.2) is 0 Å². The molecule has 2 rings (SSSR count). The van der Waals surface area contributed by atoms with E-state index in [4.69, 9.17) is 9.47 Å². The fourth-order valence-corrected chi connectivity index (χ4v) is 1.89. The maximum absolute atomic E-state index is 5.66. The minimum Gasteiger partial charge on any atom is -0.497 e. The number of hydrogen-bond donors (Lipinski definition) is 1. The van der Waals surface area contributed by atoms with Gasteiger partial charge in [-0.3, -0.25) is 5.32 Å². The van der Waals surface area contributed by atoms with Crippen LogP contribution in [0.2, 0.25) is 0 Å². The molecule has 82 valence electrons. The Kier molecular flexibility index (Phi) is 2.93. The van der Waals surface area contributed by atoms with E-state index in [2.05, 4.69) is 24.4 Å². The van der Waals surface area contributed by atoms with Gasteiger partial charge in [0.25, 0.3) is 0 Å². The fraction of sp³-hybridized carbons (Fsp3) is 0.500. The molecule has 1 N–H and O–H groups in total. The largest absolute Gasteiger partial charge is 0.497 e. The third-order valence-electron chi connectivity index (χ3n) is 2.72. The number of nitrogens with one attached hydrogen (secondary N) is 1. The average Bonchev–Trinajstić information content (AvgIpc) is 2.66. The Bertz CT molecular complexity index is 315. The van der Waals surface area contributed by atoms with Crippen LogP contribution in [-0.2, 0) is 11.2 Å². The van der Waals surface area contributed by atoms with E-state index in [0.717, 1.165) is 25.3 Å². The summed E-state index contributed by atoms with van der Waals surface area (Å²) in [6, 6.07) is 8.11. The van der Waals surface area contributed by atoms with Crippen LogP contribution in [0, 0.1) is 0 Å². The maximum atomic E-state index is 5.66. The van der Waals surface area contributed by atoms with Crippen LogP contribution in [0.5, 0.6) is 5.75 Å². The average molecular weight is 207 g/mol. The summed E-state index contributed by atoms with van der Waals surface area (Å²) in [6.45, 7) is 3.82.